The fourth-order valence-corrected chi connectivity index (χ4v) is 5.51. The van der Waals surface area contributed by atoms with Gasteiger partial charge in [0.25, 0.3) is 0 Å². The summed E-state index contributed by atoms with van der Waals surface area (Å²) in [7, 11) is -2.84. The third-order valence-electron chi connectivity index (χ3n) is 4.14. The summed E-state index contributed by atoms with van der Waals surface area (Å²) in [5, 5.41) is 2.67. The second-order valence-electron chi connectivity index (χ2n) is 6.03. The lowest BCUT2D eigenvalue weighted by molar-refractivity contribution is 0.592. The van der Waals surface area contributed by atoms with Gasteiger partial charge in [0.15, 0.2) is 7.14 Å². The van der Waals surface area contributed by atoms with E-state index in [9.17, 15) is 4.57 Å². The van der Waals surface area contributed by atoms with Gasteiger partial charge >= 0.3 is 0 Å². The number of hydrogen-bond acceptors (Lipinski definition) is 1. The maximum Gasteiger partial charge on any atom is 0.171 e. The normalized spacial score (nSPS) is 11.6. The highest BCUT2D eigenvalue weighted by Crippen LogP contribution is 2.42. The van der Waals surface area contributed by atoms with Crippen LogP contribution in [-0.4, -0.2) is 0 Å². The summed E-state index contributed by atoms with van der Waals surface area (Å²) in [5.74, 6) is 0.412. The first-order valence-corrected chi connectivity index (χ1v) is 9.65. The summed E-state index contributed by atoms with van der Waals surface area (Å²) < 4.78 is 14.2. The Morgan fingerprint density at radius 3 is 1.61 bits per heavy atom. The quantitative estimate of drug-likeness (QED) is 0.649. The summed E-state index contributed by atoms with van der Waals surface area (Å²) in [6, 6.07) is 27.8. The van der Waals surface area contributed by atoms with Crippen LogP contribution in [0.3, 0.4) is 0 Å². The predicted octanol–water partition coefficient (Wildman–Crippen LogP) is 4.45. The summed E-state index contributed by atoms with van der Waals surface area (Å²) in [4.78, 5) is 0. The fourth-order valence-electron chi connectivity index (χ4n) is 2.80. The molecule has 0 fully saturated rings. The van der Waals surface area contributed by atoms with E-state index in [1.807, 2.05) is 72.8 Å². The van der Waals surface area contributed by atoms with Gasteiger partial charge in [0.05, 0.1) is 0 Å². The molecule has 3 aromatic carbocycles. The molecule has 1 nitrogen and oxygen atoms in total. The van der Waals surface area contributed by atoms with Gasteiger partial charge < -0.3 is 4.57 Å². The maximum atomic E-state index is 14.2. The lowest BCUT2D eigenvalue weighted by Gasteiger charge is -2.21. The first kappa shape index (κ1) is 15.8. The number of benzene rings is 3. The van der Waals surface area contributed by atoms with Crippen molar-refractivity contribution in [1.29, 1.82) is 0 Å². The van der Waals surface area contributed by atoms with E-state index in [4.69, 9.17) is 0 Å². The Kier molecular flexibility index (Phi) is 4.50. The highest BCUT2D eigenvalue weighted by atomic mass is 31.2. The first-order valence-electron chi connectivity index (χ1n) is 7.94. The molecule has 2 heteroatoms. The Balaban J connectivity index is 2.26. The van der Waals surface area contributed by atoms with Crippen LogP contribution in [0.1, 0.15) is 25.3 Å². The zero-order valence-electron chi connectivity index (χ0n) is 13.5. The molecule has 0 atom stereocenters. The minimum atomic E-state index is -2.84. The van der Waals surface area contributed by atoms with Gasteiger partial charge in [-0.15, -0.1) is 0 Å². The van der Waals surface area contributed by atoms with Crippen LogP contribution >= 0.6 is 7.14 Å². The Labute approximate surface area is 138 Å². The van der Waals surface area contributed by atoms with Crippen LogP contribution in [0, 0.1) is 0 Å². The molecule has 0 aliphatic rings. The van der Waals surface area contributed by atoms with Gasteiger partial charge in [-0.25, -0.2) is 0 Å². The predicted molar refractivity (Wildman–Crippen MR) is 99.9 cm³/mol. The van der Waals surface area contributed by atoms with Crippen molar-refractivity contribution < 1.29 is 4.57 Å². The van der Waals surface area contributed by atoms with Crippen molar-refractivity contribution in [3.8, 4) is 0 Å². The molecule has 0 aliphatic carbocycles. The van der Waals surface area contributed by atoms with E-state index >= 15 is 0 Å². The molecule has 0 unspecified atom stereocenters. The molecule has 0 spiro atoms. The van der Waals surface area contributed by atoms with Gasteiger partial charge in [0.1, 0.15) is 0 Å². The van der Waals surface area contributed by atoms with Crippen LogP contribution in [0.15, 0.2) is 84.9 Å². The Hall–Kier alpha value is -2.11. The fraction of sp³-hybridized carbons (Fsp3) is 0.143. The van der Waals surface area contributed by atoms with Crippen LogP contribution in [0.2, 0.25) is 0 Å². The molecule has 3 rings (SSSR count). The zero-order chi connectivity index (χ0) is 16.3. The molecule has 0 aliphatic heterocycles. The second-order valence-corrected chi connectivity index (χ2v) is 8.80. The lowest BCUT2D eigenvalue weighted by atomic mass is 10.0. The largest absolute Gasteiger partial charge is 0.309 e. The molecule has 0 amide bonds. The van der Waals surface area contributed by atoms with E-state index < -0.39 is 7.14 Å². The summed E-state index contributed by atoms with van der Waals surface area (Å²) >= 11 is 0. The Morgan fingerprint density at radius 1 is 0.652 bits per heavy atom. The van der Waals surface area contributed by atoms with Gasteiger partial charge in [-0.05, 0) is 17.5 Å². The topological polar surface area (TPSA) is 17.1 Å². The molecule has 3 aromatic rings. The van der Waals surface area contributed by atoms with Gasteiger partial charge in [-0.3, -0.25) is 0 Å². The molecule has 0 aromatic heterocycles. The molecule has 0 N–H and O–H groups in total. The second kappa shape index (κ2) is 6.56. The monoisotopic (exact) mass is 320 g/mol. The first-order chi connectivity index (χ1) is 11.1. The molecule has 0 heterocycles. The molecule has 116 valence electrons. The van der Waals surface area contributed by atoms with E-state index in [2.05, 4.69) is 26.0 Å². The van der Waals surface area contributed by atoms with Crippen molar-refractivity contribution in [1.82, 2.24) is 0 Å². The summed E-state index contributed by atoms with van der Waals surface area (Å²) in [6.45, 7) is 4.32. The average molecular weight is 320 g/mol. The summed E-state index contributed by atoms with van der Waals surface area (Å²) in [6.07, 6.45) is 0. The van der Waals surface area contributed by atoms with Gasteiger partial charge in [0, 0.05) is 15.9 Å². The molecular formula is C21H21OP. The van der Waals surface area contributed by atoms with Crippen molar-refractivity contribution in [2.75, 3.05) is 0 Å². The minimum Gasteiger partial charge on any atom is -0.309 e. The van der Waals surface area contributed by atoms with E-state index in [0.717, 1.165) is 15.9 Å². The molecule has 0 bridgehead atoms. The van der Waals surface area contributed by atoms with Crippen LogP contribution in [-0.2, 0) is 4.57 Å². The smallest absolute Gasteiger partial charge is 0.171 e. The highest BCUT2D eigenvalue weighted by Gasteiger charge is 2.29. The van der Waals surface area contributed by atoms with E-state index in [-0.39, 0.29) is 0 Å². The zero-order valence-corrected chi connectivity index (χ0v) is 14.4. The third-order valence-corrected chi connectivity index (χ3v) is 7.20. The summed E-state index contributed by atoms with van der Waals surface area (Å²) in [5.41, 5.74) is 1.22. The van der Waals surface area contributed by atoms with Crippen LogP contribution in [0.5, 0.6) is 0 Å². The Morgan fingerprint density at radius 2 is 1.13 bits per heavy atom. The van der Waals surface area contributed by atoms with Crippen LogP contribution in [0.25, 0.3) is 0 Å². The van der Waals surface area contributed by atoms with Crippen molar-refractivity contribution in [3.05, 3.63) is 90.5 Å². The van der Waals surface area contributed by atoms with Crippen LogP contribution in [0.4, 0.5) is 0 Å². The average Bonchev–Trinajstić information content (AvgIpc) is 2.62. The van der Waals surface area contributed by atoms with E-state index in [1.54, 1.807) is 0 Å². The van der Waals surface area contributed by atoms with Crippen molar-refractivity contribution in [2.24, 2.45) is 0 Å². The molecule has 0 radical (unpaired) electrons. The van der Waals surface area contributed by atoms with E-state index in [1.165, 1.54) is 5.56 Å². The highest BCUT2D eigenvalue weighted by molar-refractivity contribution is 7.85. The maximum absolute atomic E-state index is 14.2. The minimum absolute atomic E-state index is 0.412. The Bertz CT molecular complexity index is 779. The lowest BCUT2D eigenvalue weighted by Crippen LogP contribution is -2.25. The van der Waals surface area contributed by atoms with E-state index in [0.29, 0.717) is 5.92 Å². The van der Waals surface area contributed by atoms with Crippen LogP contribution < -0.4 is 15.9 Å². The standard InChI is InChI=1S/C21H21OP/c1-17(2)18-10-9-15-21(16-18)23(22,19-11-5-3-6-12-19)20-13-7-4-8-14-20/h3-17H,1-2H3. The number of hydrogen-bond donors (Lipinski definition) is 0. The molecule has 0 saturated heterocycles. The van der Waals surface area contributed by atoms with Crippen molar-refractivity contribution in [3.63, 3.8) is 0 Å². The van der Waals surface area contributed by atoms with Gasteiger partial charge in [0.2, 0.25) is 0 Å². The molecule has 0 saturated carbocycles. The third kappa shape index (κ3) is 3.02. The van der Waals surface area contributed by atoms with Crippen molar-refractivity contribution in [2.45, 2.75) is 19.8 Å². The number of rotatable bonds is 4. The van der Waals surface area contributed by atoms with Crippen molar-refractivity contribution >= 4 is 23.1 Å². The van der Waals surface area contributed by atoms with Gasteiger partial charge in [-0.1, -0.05) is 92.7 Å². The molecule has 23 heavy (non-hydrogen) atoms. The SMILES string of the molecule is CC(C)c1cccc(P(=O)(c2ccccc2)c2ccccc2)c1. The molecular weight excluding hydrogens is 299 g/mol. The van der Waals surface area contributed by atoms with Gasteiger partial charge in [-0.2, -0.15) is 0 Å².